The van der Waals surface area contributed by atoms with Crippen molar-refractivity contribution in [2.45, 2.75) is 13.5 Å². The third-order valence-corrected chi connectivity index (χ3v) is 4.67. The van der Waals surface area contributed by atoms with Gasteiger partial charge < -0.3 is 14.2 Å². The monoisotopic (exact) mass is 399 g/mol. The Bertz CT molecular complexity index is 1120. The summed E-state index contributed by atoms with van der Waals surface area (Å²) in [5, 5.41) is 0. The third kappa shape index (κ3) is 4.41. The molecule has 5 heteroatoms. The number of carbonyl (C=O) groups is 1. The van der Waals surface area contributed by atoms with Gasteiger partial charge >= 0.3 is 5.97 Å². The Morgan fingerprint density at radius 3 is 2.50 bits per heavy atom. The van der Waals surface area contributed by atoms with E-state index in [-0.39, 0.29) is 11.6 Å². The Balaban J connectivity index is 1.63. The van der Waals surface area contributed by atoms with E-state index in [9.17, 15) is 4.79 Å². The van der Waals surface area contributed by atoms with Crippen LogP contribution in [0, 0.1) is 6.92 Å². The van der Waals surface area contributed by atoms with Crippen molar-refractivity contribution in [3.8, 4) is 11.5 Å². The minimum absolute atomic E-state index is 0.210. The van der Waals surface area contributed by atoms with Gasteiger partial charge in [0, 0.05) is 11.1 Å². The molecule has 0 spiro atoms. The van der Waals surface area contributed by atoms with Crippen LogP contribution in [0.1, 0.15) is 22.3 Å². The fourth-order valence-corrected chi connectivity index (χ4v) is 3.00. The summed E-state index contributed by atoms with van der Waals surface area (Å²) in [4.78, 5) is 16.7. The first kappa shape index (κ1) is 19.5. The summed E-state index contributed by atoms with van der Waals surface area (Å²) in [5.74, 6) is 1.07. The summed E-state index contributed by atoms with van der Waals surface area (Å²) >= 11 is 0. The fourth-order valence-electron chi connectivity index (χ4n) is 3.00. The molecule has 0 aliphatic carbocycles. The maximum absolute atomic E-state index is 12.4. The molecule has 0 bridgehead atoms. The quantitative estimate of drug-likeness (QED) is 0.436. The maximum atomic E-state index is 12.4. The van der Waals surface area contributed by atoms with Crippen LogP contribution in [0.5, 0.6) is 11.5 Å². The number of methoxy groups -OCH3 is 1. The summed E-state index contributed by atoms with van der Waals surface area (Å²) in [7, 11) is 1.59. The molecule has 1 aliphatic rings. The van der Waals surface area contributed by atoms with Crippen molar-refractivity contribution >= 4 is 17.9 Å². The molecule has 0 amide bonds. The van der Waals surface area contributed by atoms with Crippen LogP contribution in [0.15, 0.2) is 83.5 Å². The van der Waals surface area contributed by atoms with E-state index in [1.54, 1.807) is 19.3 Å². The first-order chi connectivity index (χ1) is 14.6. The lowest BCUT2D eigenvalue weighted by molar-refractivity contribution is -0.129. The number of hydrogen-bond acceptors (Lipinski definition) is 5. The summed E-state index contributed by atoms with van der Waals surface area (Å²) in [5.41, 5.74) is 3.89. The molecule has 3 aromatic carbocycles. The van der Waals surface area contributed by atoms with Crippen molar-refractivity contribution in [1.82, 2.24) is 0 Å². The summed E-state index contributed by atoms with van der Waals surface area (Å²) in [6.45, 7) is 2.45. The molecule has 0 atom stereocenters. The topological polar surface area (TPSA) is 57.1 Å². The molecule has 4 rings (SSSR count). The number of nitrogens with zero attached hydrogens (tertiary/aromatic N) is 1. The van der Waals surface area contributed by atoms with E-state index >= 15 is 0 Å². The van der Waals surface area contributed by atoms with Gasteiger partial charge in [-0.05, 0) is 48.9 Å². The van der Waals surface area contributed by atoms with E-state index in [0.717, 1.165) is 11.1 Å². The van der Waals surface area contributed by atoms with E-state index in [2.05, 4.69) is 4.99 Å². The molecule has 0 radical (unpaired) electrons. The van der Waals surface area contributed by atoms with Crippen LogP contribution < -0.4 is 9.47 Å². The van der Waals surface area contributed by atoms with Crippen molar-refractivity contribution in [2.75, 3.05) is 7.11 Å². The molecule has 1 heterocycles. The van der Waals surface area contributed by atoms with Crippen molar-refractivity contribution in [3.05, 3.63) is 101 Å². The standard InChI is InChI=1S/C25H21NO4/c1-17-8-10-18(11-9-17)16-29-23-13-12-21(28-2)14-20(23)15-22-25(27)30-24(26-22)19-6-4-3-5-7-19/h3-15H,16H2,1-2H3. The zero-order valence-electron chi connectivity index (χ0n) is 16.8. The Morgan fingerprint density at radius 1 is 1.00 bits per heavy atom. The third-order valence-electron chi connectivity index (χ3n) is 4.67. The largest absolute Gasteiger partial charge is 0.497 e. The Hall–Kier alpha value is -3.86. The molecule has 0 fully saturated rings. The highest BCUT2D eigenvalue weighted by molar-refractivity contribution is 6.12. The average Bonchev–Trinajstić information content (AvgIpc) is 3.15. The predicted molar refractivity (Wildman–Crippen MR) is 116 cm³/mol. The van der Waals surface area contributed by atoms with Crippen LogP contribution in [0.3, 0.4) is 0 Å². The molecule has 5 nitrogen and oxygen atoms in total. The average molecular weight is 399 g/mol. The van der Waals surface area contributed by atoms with Crippen LogP contribution >= 0.6 is 0 Å². The summed E-state index contributed by atoms with van der Waals surface area (Å²) in [6.07, 6.45) is 1.66. The number of aryl methyl sites for hydroxylation is 1. The molecule has 0 N–H and O–H groups in total. The minimum Gasteiger partial charge on any atom is -0.497 e. The van der Waals surface area contributed by atoms with Gasteiger partial charge in [-0.1, -0.05) is 48.0 Å². The number of cyclic esters (lactones) is 1. The second kappa shape index (κ2) is 8.66. The van der Waals surface area contributed by atoms with E-state index in [0.29, 0.717) is 23.7 Å². The molecule has 0 unspecified atom stereocenters. The highest BCUT2D eigenvalue weighted by Gasteiger charge is 2.24. The second-order valence-corrected chi connectivity index (χ2v) is 6.88. The molecule has 150 valence electrons. The van der Waals surface area contributed by atoms with E-state index in [1.165, 1.54) is 5.56 Å². The molecule has 3 aromatic rings. The zero-order chi connectivity index (χ0) is 20.9. The Labute approximate surface area is 175 Å². The van der Waals surface area contributed by atoms with Crippen LogP contribution in [0.2, 0.25) is 0 Å². The number of hydrogen-bond donors (Lipinski definition) is 0. The van der Waals surface area contributed by atoms with Crippen molar-refractivity contribution in [2.24, 2.45) is 4.99 Å². The molecule has 0 aromatic heterocycles. The normalized spacial score (nSPS) is 14.4. The van der Waals surface area contributed by atoms with Crippen LogP contribution in [0.4, 0.5) is 0 Å². The van der Waals surface area contributed by atoms with Gasteiger partial charge in [-0.15, -0.1) is 0 Å². The maximum Gasteiger partial charge on any atom is 0.363 e. The number of aliphatic imine (C=N–C) groups is 1. The van der Waals surface area contributed by atoms with Crippen molar-refractivity contribution < 1.29 is 19.0 Å². The second-order valence-electron chi connectivity index (χ2n) is 6.88. The zero-order valence-corrected chi connectivity index (χ0v) is 16.8. The Kier molecular flexibility index (Phi) is 5.61. The van der Waals surface area contributed by atoms with Crippen molar-refractivity contribution in [3.63, 3.8) is 0 Å². The van der Waals surface area contributed by atoms with Gasteiger partial charge in [0.05, 0.1) is 7.11 Å². The number of carbonyl (C=O) groups excluding carboxylic acids is 1. The van der Waals surface area contributed by atoms with E-state index in [4.69, 9.17) is 14.2 Å². The first-order valence-electron chi connectivity index (χ1n) is 9.57. The van der Waals surface area contributed by atoms with Gasteiger partial charge in [-0.2, -0.15) is 0 Å². The fraction of sp³-hybridized carbons (Fsp3) is 0.120. The van der Waals surface area contributed by atoms with Gasteiger partial charge in [0.2, 0.25) is 5.90 Å². The number of ether oxygens (including phenoxy) is 3. The van der Waals surface area contributed by atoms with Crippen LogP contribution in [0.25, 0.3) is 6.08 Å². The highest BCUT2D eigenvalue weighted by Crippen LogP contribution is 2.29. The summed E-state index contributed by atoms with van der Waals surface area (Å²) < 4.78 is 16.7. The Morgan fingerprint density at radius 2 is 1.77 bits per heavy atom. The molecule has 30 heavy (non-hydrogen) atoms. The predicted octanol–water partition coefficient (Wildman–Crippen LogP) is 4.93. The number of esters is 1. The van der Waals surface area contributed by atoms with Gasteiger partial charge in [0.1, 0.15) is 18.1 Å². The van der Waals surface area contributed by atoms with E-state index in [1.807, 2.05) is 73.7 Å². The molecular formula is C25H21NO4. The summed E-state index contributed by atoms with van der Waals surface area (Å²) in [6, 6.07) is 22.9. The van der Waals surface area contributed by atoms with Crippen molar-refractivity contribution in [1.29, 1.82) is 0 Å². The van der Waals surface area contributed by atoms with Crippen LogP contribution in [-0.4, -0.2) is 19.0 Å². The molecule has 0 saturated heterocycles. The van der Waals surface area contributed by atoms with E-state index < -0.39 is 5.97 Å². The molecular weight excluding hydrogens is 378 g/mol. The van der Waals surface area contributed by atoms with Gasteiger partial charge in [-0.3, -0.25) is 0 Å². The number of rotatable bonds is 6. The lowest BCUT2D eigenvalue weighted by atomic mass is 10.1. The highest BCUT2D eigenvalue weighted by atomic mass is 16.6. The minimum atomic E-state index is -0.499. The first-order valence-corrected chi connectivity index (χ1v) is 9.57. The SMILES string of the molecule is COc1ccc(OCc2ccc(C)cc2)c(C=C2N=C(c3ccccc3)OC2=O)c1. The number of benzene rings is 3. The smallest absolute Gasteiger partial charge is 0.363 e. The lowest BCUT2D eigenvalue weighted by Gasteiger charge is -2.11. The molecule has 1 aliphatic heterocycles. The van der Waals surface area contributed by atoms with Gasteiger partial charge in [0.15, 0.2) is 5.70 Å². The molecule has 0 saturated carbocycles. The van der Waals surface area contributed by atoms with Gasteiger partial charge in [-0.25, -0.2) is 9.79 Å². The lowest BCUT2D eigenvalue weighted by Crippen LogP contribution is -2.05. The van der Waals surface area contributed by atoms with Gasteiger partial charge in [0.25, 0.3) is 0 Å². The van der Waals surface area contributed by atoms with Crippen LogP contribution in [-0.2, 0) is 16.1 Å².